The van der Waals surface area contributed by atoms with E-state index in [9.17, 15) is 13.2 Å². The zero-order valence-corrected chi connectivity index (χ0v) is 10.1. The minimum atomic E-state index is -4.32. The minimum absolute atomic E-state index is 0.384. The summed E-state index contributed by atoms with van der Waals surface area (Å²) in [6.45, 7) is -0.0566. The van der Waals surface area contributed by atoms with Crippen LogP contribution in [0.5, 0.6) is 0 Å². The fourth-order valence-corrected chi connectivity index (χ4v) is 2.46. The number of hydrogen-bond donors (Lipinski definition) is 1. The van der Waals surface area contributed by atoms with Crippen molar-refractivity contribution < 1.29 is 18.0 Å². The molecule has 2 aliphatic rings. The maximum atomic E-state index is 12.3. The van der Waals surface area contributed by atoms with Crippen LogP contribution in [0.2, 0.25) is 0 Å². The van der Waals surface area contributed by atoms with Gasteiger partial charge in [0, 0.05) is 17.8 Å². The molecule has 6 heteroatoms. The number of para-hydroxylation sites is 1. The van der Waals surface area contributed by atoms with Gasteiger partial charge in [-0.1, -0.05) is 18.2 Å². The summed E-state index contributed by atoms with van der Waals surface area (Å²) in [5.41, 5.74) is 3.73. The molecular formula is C13H13F3N2O. The van der Waals surface area contributed by atoms with Crippen molar-refractivity contribution in [2.24, 2.45) is 0 Å². The van der Waals surface area contributed by atoms with Gasteiger partial charge in [-0.05, 0) is 18.1 Å². The second kappa shape index (κ2) is 4.45. The highest BCUT2D eigenvalue weighted by Gasteiger charge is 2.32. The van der Waals surface area contributed by atoms with Gasteiger partial charge in [0.05, 0.1) is 12.2 Å². The molecule has 0 aromatic heterocycles. The Balaban J connectivity index is 1.88. The van der Waals surface area contributed by atoms with E-state index in [0.29, 0.717) is 12.2 Å². The Bertz CT molecular complexity index is 525. The first-order valence-corrected chi connectivity index (χ1v) is 6.07. The first kappa shape index (κ1) is 12.3. The molecule has 0 atom stereocenters. The number of alkyl halides is 3. The average Bonchev–Trinajstić information content (AvgIpc) is 2.83. The number of fused-ring (bicyclic) bond motifs is 2. The molecule has 2 aliphatic heterocycles. The molecule has 0 amide bonds. The van der Waals surface area contributed by atoms with E-state index in [2.05, 4.69) is 5.32 Å². The molecule has 3 nitrogen and oxygen atoms in total. The van der Waals surface area contributed by atoms with Crippen molar-refractivity contribution in [2.45, 2.75) is 12.6 Å². The number of rotatable bonds is 2. The third-order valence-electron chi connectivity index (χ3n) is 3.24. The van der Waals surface area contributed by atoms with Gasteiger partial charge in [0.25, 0.3) is 0 Å². The number of benzene rings is 1. The first-order chi connectivity index (χ1) is 9.04. The van der Waals surface area contributed by atoms with E-state index in [1.165, 1.54) is 5.06 Å². The molecule has 102 valence electrons. The summed E-state index contributed by atoms with van der Waals surface area (Å²) in [5, 5.41) is 4.62. The van der Waals surface area contributed by atoms with Gasteiger partial charge in [-0.2, -0.15) is 13.2 Å². The van der Waals surface area contributed by atoms with Crippen LogP contribution in [0.3, 0.4) is 0 Å². The molecule has 0 fully saturated rings. The summed E-state index contributed by atoms with van der Waals surface area (Å²) in [7, 11) is 0. The van der Waals surface area contributed by atoms with Crippen LogP contribution in [-0.2, 0) is 4.84 Å². The van der Waals surface area contributed by atoms with Crippen LogP contribution in [0, 0.1) is 0 Å². The van der Waals surface area contributed by atoms with Gasteiger partial charge in [0.2, 0.25) is 0 Å². The molecule has 0 saturated heterocycles. The van der Waals surface area contributed by atoms with E-state index in [1.54, 1.807) is 12.1 Å². The zero-order valence-electron chi connectivity index (χ0n) is 10.1. The fourth-order valence-electron chi connectivity index (χ4n) is 2.46. The van der Waals surface area contributed by atoms with E-state index < -0.39 is 12.8 Å². The van der Waals surface area contributed by atoms with Crippen LogP contribution in [0.25, 0.3) is 5.70 Å². The quantitative estimate of drug-likeness (QED) is 0.894. The molecule has 0 radical (unpaired) electrons. The molecule has 1 N–H and O–H groups in total. The van der Waals surface area contributed by atoms with Crippen molar-refractivity contribution >= 4 is 11.4 Å². The van der Waals surface area contributed by atoms with Crippen LogP contribution < -0.4 is 10.4 Å². The first-order valence-electron chi connectivity index (χ1n) is 6.07. The van der Waals surface area contributed by atoms with Gasteiger partial charge in [0.1, 0.15) is 0 Å². The van der Waals surface area contributed by atoms with E-state index in [1.807, 2.05) is 12.1 Å². The third kappa shape index (κ3) is 2.40. The number of anilines is 1. The number of hydroxylamine groups is 1. The van der Waals surface area contributed by atoms with Crippen LogP contribution in [0.15, 0.2) is 29.8 Å². The zero-order chi connectivity index (χ0) is 13.5. The Morgan fingerprint density at radius 1 is 1.26 bits per heavy atom. The summed E-state index contributed by atoms with van der Waals surface area (Å²) in [5.74, 6) is 0. The summed E-state index contributed by atoms with van der Waals surface area (Å²) >= 11 is 0. The Kier molecular flexibility index (Phi) is 2.89. The molecule has 0 bridgehead atoms. The molecule has 19 heavy (non-hydrogen) atoms. The Labute approximate surface area is 108 Å². The normalized spacial score (nSPS) is 18.2. The summed E-state index contributed by atoms with van der Waals surface area (Å²) in [4.78, 5) is 4.93. The third-order valence-corrected chi connectivity index (χ3v) is 3.24. The lowest BCUT2D eigenvalue weighted by molar-refractivity contribution is -0.176. The van der Waals surface area contributed by atoms with Crippen molar-refractivity contribution in [3.63, 3.8) is 0 Å². The second-order valence-corrected chi connectivity index (χ2v) is 4.60. The van der Waals surface area contributed by atoms with Gasteiger partial charge in [-0.3, -0.25) is 4.84 Å². The molecular weight excluding hydrogens is 257 g/mol. The second-order valence-electron chi connectivity index (χ2n) is 4.60. The van der Waals surface area contributed by atoms with Crippen LogP contribution in [-0.4, -0.2) is 25.9 Å². The SMILES string of the molecule is FC(F)(F)CON1CC2=C(NCC2)c2ccccc21. The van der Waals surface area contributed by atoms with Crippen molar-refractivity contribution in [2.75, 3.05) is 24.8 Å². The lowest BCUT2D eigenvalue weighted by Gasteiger charge is -2.31. The van der Waals surface area contributed by atoms with Crippen LogP contribution in [0.1, 0.15) is 12.0 Å². The lowest BCUT2D eigenvalue weighted by Crippen LogP contribution is -2.34. The molecule has 2 heterocycles. The molecule has 0 unspecified atom stereocenters. The molecule has 3 rings (SSSR count). The maximum absolute atomic E-state index is 12.3. The summed E-state index contributed by atoms with van der Waals surface area (Å²) < 4.78 is 36.8. The predicted octanol–water partition coefficient (Wildman–Crippen LogP) is 2.70. The largest absolute Gasteiger partial charge is 0.414 e. The lowest BCUT2D eigenvalue weighted by atomic mass is 10.0. The van der Waals surface area contributed by atoms with E-state index in [-0.39, 0.29) is 0 Å². The van der Waals surface area contributed by atoms with Gasteiger partial charge in [-0.25, -0.2) is 5.06 Å². The Hall–Kier alpha value is -1.69. The van der Waals surface area contributed by atoms with Crippen molar-refractivity contribution in [3.8, 4) is 0 Å². The van der Waals surface area contributed by atoms with Crippen LogP contribution in [0.4, 0.5) is 18.9 Å². The Morgan fingerprint density at radius 2 is 2.05 bits per heavy atom. The molecule has 0 aliphatic carbocycles. The van der Waals surface area contributed by atoms with Gasteiger partial charge >= 0.3 is 6.18 Å². The maximum Gasteiger partial charge on any atom is 0.414 e. The van der Waals surface area contributed by atoms with E-state index >= 15 is 0 Å². The van der Waals surface area contributed by atoms with Gasteiger partial charge < -0.3 is 5.32 Å². The van der Waals surface area contributed by atoms with Gasteiger partial charge in [-0.15, -0.1) is 0 Å². The molecule has 1 aromatic carbocycles. The molecule has 0 spiro atoms. The standard InChI is InChI=1S/C13H13F3N2O/c14-13(15,16)8-19-18-7-9-5-6-17-12(9)10-3-1-2-4-11(10)18/h1-4,17H,5-8H2. The fraction of sp³-hybridized carbons (Fsp3) is 0.385. The van der Waals surface area contributed by atoms with Crippen molar-refractivity contribution in [3.05, 3.63) is 35.4 Å². The summed E-state index contributed by atoms with van der Waals surface area (Å²) in [6, 6.07) is 7.33. The number of nitrogens with one attached hydrogen (secondary N) is 1. The van der Waals surface area contributed by atoms with Crippen molar-refractivity contribution in [1.29, 1.82) is 0 Å². The van der Waals surface area contributed by atoms with Crippen molar-refractivity contribution in [1.82, 2.24) is 5.32 Å². The smallest absolute Gasteiger partial charge is 0.384 e. The predicted molar refractivity (Wildman–Crippen MR) is 65.3 cm³/mol. The number of halogens is 3. The van der Waals surface area contributed by atoms with E-state index in [4.69, 9.17) is 4.84 Å². The highest BCUT2D eigenvalue weighted by atomic mass is 19.4. The Morgan fingerprint density at radius 3 is 2.84 bits per heavy atom. The van der Waals surface area contributed by atoms with Gasteiger partial charge in [0.15, 0.2) is 6.61 Å². The number of nitrogens with zero attached hydrogens (tertiary/aromatic N) is 1. The highest BCUT2D eigenvalue weighted by molar-refractivity contribution is 5.82. The van der Waals surface area contributed by atoms with E-state index in [0.717, 1.165) is 29.8 Å². The number of hydrogen-bond acceptors (Lipinski definition) is 3. The summed E-state index contributed by atoms with van der Waals surface area (Å²) in [6.07, 6.45) is -3.48. The topological polar surface area (TPSA) is 24.5 Å². The monoisotopic (exact) mass is 270 g/mol. The molecule has 0 saturated carbocycles. The molecule has 1 aromatic rings. The average molecular weight is 270 g/mol. The minimum Gasteiger partial charge on any atom is -0.384 e. The highest BCUT2D eigenvalue weighted by Crippen LogP contribution is 2.37. The van der Waals surface area contributed by atoms with Crippen LogP contribution >= 0.6 is 0 Å².